The highest BCUT2D eigenvalue weighted by atomic mass is 31.2. The summed E-state index contributed by atoms with van der Waals surface area (Å²) >= 11 is 0. The van der Waals surface area contributed by atoms with Gasteiger partial charge in [-0.3, -0.25) is 37.3 Å². The van der Waals surface area contributed by atoms with Crippen molar-refractivity contribution >= 4 is 39.5 Å². The van der Waals surface area contributed by atoms with Crippen molar-refractivity contribution in [3.8, 4) is 0 Å². The molecule has 19 heteroatoms. The first-order valence-corrected chi connectivity index (χ1v) is 42.3. The van der Waals surface area contributed by atoms with E-state index in [4.69, 9.17) is 37.0 Å². The average Bonchev–Trinajstić information content (AvgIpc) is 0.899. The number of rotatable bonds is 71. The summed E-state index contributed by atoms with van der Waals surface area (Å²) in [5.41, 5.74) is 0. The first kappa shape index (κ1) is 99.6. The maximum absolute atomic E-state index is 13.1. The molecule has 0 aromatic heterocycles. The van der Waals surface area contributed by atoms with Crippen LogP contribution in [0.3, 0.4) is 0 Å². The Morgan fingerprint density at radius 2 is 0.538 bits per heavy atom. The SMILES string of the molecule is CC/C=C\C/C=C\C/C=C\C/C=C\C/C=C\CC(=O)OCC(COP(=O)(O)OCC(O)COP(=O)(O)OCC(COC(=O)CCCCCCCC/C=C\C/C=C\C/C=C\CCCCC)OC(=O)CCCCCC/C=C\C/C=C\C/C=C\C/C=C\CC)OC(=O)C/C=C\C/C=C\C/C=C\C/C=C\C/C=C\CC. The van der Waals surface area contributed by atoms with Crippen molar-refractivity contribution in [3.05, 3.63) is 207 Å². The van der Waals surface area contributed by atoms with Gasteiger partial charge in [0.2, 0.25) is 0 Å². The van der Waals surface area contributed by atoms with Crippen LogP contribution >= 0.6 is 15.6 Å². The summed E-state index contributed by atoms with van der Waals surface area (Å²) in [6.45, 7) is 4.19. The van der Waals surface area contributed by atoms with Gasteiger partial charge in [0, 0.05) is 12.8 Å². The van der Waals surface area contributed by atoms with E-state index in [0.29, 0.717) is 25.7 Å². The average molecular weight is 1520 g/mol. The molecule has 0 spiro atoms. The third-order valence-corrected chi connectivity index (χ3v) is 17.2. The van der Waals surface area contributed by atoms with E-state index in [1.807, 2.05) is 24.3 Å². The number of phosphoric acid groups is 2. The van der Waals surface area contributed by atoms with E-state index in [-0.39, 0.29) is 25.7 Å². The lowest BCUT2D eigenvalue weighted by molar-refractivity contribution is -0.161. The third-order valence-electron chi connectivity index (χ3n) is 15.3. The number of phosphoric ester groups is 2. The number of unbranched alkanes of at least 4 members (excludes halogenated alkanes) is 13. The molecule has 0 saturated heterocycles. The summed E-state index contributed by atoms with van der Waals surface area (Å²) in [5.74, 6) is -2.54. The second-order valence-electron chi connectivity index (χ2n) is 25.2. The predicted molar refractivity (Wildman–Crippen MR) is 435 cm³/mol. The zero-order valence-electron chi connectivity index (χ0n) is 65.0. The summed E-state index contributed by atoms with van der Waals surface area (Å²) in [5, 5.41) is 10.6. The first-order chi connectivity index (χ1) is 51.7. The van der Waals surface area contributed by atoms with Crippen LogP contribution in [0.1, 0.15) is 259 Å². The fourth-order valence-corrected chi connectivity index (χ4v) is 11.0. The van der Waals surface area contributed by atoms with Crippen LogP contribution in [-0.2, 0) is 65.4 Å². The molecule has 0 aromatic rings. The molecule has 0 amide bonds. The molecule has 0 aromatic carbocycles. The van der Waals surface area contributed by atoms with Crippen LogP contribution in [-0.4, -0.2) is 96.7 Å². The molecule has 0 fully saturated rings. The lowest BCUT2D eigenvalue weighted by Crippen LogP contribution is -2.30. The van der Waals surface area contributed by atoms with Gasteiger partial charge in [-0.25, -0.2) is 9.13 Å². The molecule has 0 heterocycles. The summed E-state index contributed by atoms with van der Waals surface area (Å²) in [6, 6.07) is 0. The maximum Gasteiger partial charge on any atom is 0.472 e. The Labute approximate surface area is 639 Å². The Bertz CT molecular complexity index is 2830. The predicted octanol–water partition coefficient (Wildman–Crippen LogP) is 23.1. The van der Waals surface area contributed by atoms with E-state index in [1.54, 1.807) is 24.3 Å². The van der Waals surface area contributed by atoms with Gasteiger partial charge in [0.15, 0.2) is 12.2 Å². The quantitative estimate of drug-likeness (QED) is 0.0169. The van der Waals surface area contributed by atoms with Gasteiger partial charge in [0.05, 0.1) is 39.3 Å². The van der Waals surface area contributed by atoms with Gasteiger partial charge < -0.3 is 33.8 Å². The molecule has 0 aliphatic rings. The third kappa shape index (κ3) is 75.9. The molecule has 5 unspecified atom stereocenters. The standard InChI is InChI=1S/C87H136O17P2/c1-5-9-13-17-21-25-29-33-37-39-40-42-45-48-52-56-60-64-68-72-85(90)98-78-83(104-87(92)74-70-66-62-58-54-50-46-41-38-34-30-26-22-18-14-10-6-2)80-102-106(95,96)100-76-81(88)75-99-105(93,94)101-79-82(103-86(91)73-69-65-61-57-53-49-44-36-32-28-24-20-16-12-8-4)77-97-84(89)71-67-63-59-55-51-47-43-35-31-27-23-19-15-11-7-3/h10-12,14-16,21-28,33-38,40,42-44,46,50-51,53,55,57,63,65,67,69,81-83,88H,5-9,13,17-20,29-32,39,41,45,47-49,52,54,56,58-62,64,66,68,70-80H2,1-4H3,(H,93,94)(H,95,96)/b14-10-,15-11-,16-12-,25-21-,26-22-,27-23-,28-24-,37-33-,38-34-,42-40-,43-35-,44-36-,50-46-,55-51-,57-53-,67-63-,69-65-. The van der Waals surface area contributed by atoms with Crippen molar-refractivity contribution in [1.82, 2.24) is 0 Å². The number of carbonyl (C=O) groups is 4. The van der Waals surface area contributed by atoms with Crippen molar-refractivity contribution in [2.45, 2.75) is 277 Å². The minimum absolute atomic E-state index is 0.0504. The van der Waals surface area contributed by atoms with Crippen molar-refractivity contribution in [3.63, 3.8) is 0 Å². The number of esters is 4. The van der Waals surface area contributed by atoms with Crippen LogP contribution < -0.4 is 0 Å². The Balaban J connectivity index is 5.55. The van der Waals surface area contributed by atoms with Gasteiger partial charge in [0.1, 0.15) is 19.3 Å². The van der Waals surface area contributed by atoms with Gasteiger partial charge in [-0.15, -0.1) is 0 Å². The minimum Gasteiger partial charge on any atom is -0.462 e. The highest BCUT2D eigenvalue weighted by Gasteiger charge is 2.30. The van der Waals surface area contributed by atoms with Crippen molar-refractivity contribution in [1.29, 1.82) is 0 Å². The van der Waals surface area contributed by atoms with Gasteiger partial charge in [-0.2, -0.15) is 0 Å². The van der Waals surface area contributed by atoms with Crippen molar-refractivity contribution in [2.24, 2.45) is 0 Å². The summed E-state index contributed by atoms with van der Waals surface area (Å²) in [6.07, 6.45) is 95.9. The second kappa shape index (κ2) is 76.8. The lowest BCUT2D eigenvalue weighted by Gasteiger charge is -2.21. The van der Waals surface area contributed by atoms with Crippen LogP contribution in [0.5, 0.6) is 0 Å². The molecule has 0 rings (SSSR count). The summed E-state index contributed by atoms with van der Waals surface area (Å²) in [7, 11) is -10.0. The maximum atomic E-state index is 13.1. The number of hydrogen-bond acceptors (Lipinski definition) is 15. The molecule has 106 heavy (non-hydrogen) atoms. The highest BCUT2D eigenvalue weighted by molar-refractivity contribution is 7.47. The zero-order chi connectivity index (χ0) is 77.4. The number of ether oxygens (including phenoxy) is 4. The molecule has 0 aliphatic carbocycles. The van der Waals surface area contributed by atoms with Crippen LogP contribution in [0.25, 0.3) is 0 Å². The van der Waals surface area contributed by atoms with Crippen molar-refractivity contribution in [2.75, 3.05) is 39.6 Å². The first-order valence-electron chi connectivity index (χ1n) is 39.3. The van der Waals surface area contributed by atoms with Gasteiger partial charge in [-0.1, -0.05) is 286 Å². The monoisotopic (exact) mass is 1510 g/mol. The van der Waals surface area contributed by atoms with Gasteiger partial charge in [-0.05, 0) is 154 Å². The molecule has 3 N–H and O–H groups in total. The highest BCUT2D eigenvalue weighted by Crippen LogP contribution is 2.45. The largest absolute Gasteiger partial charge is 0.472 e. The number of hydrogen-bond donors (Lipinski definition) is 3. The Hall–Kier alpha value is -6.36. The smallest absolute Gasteiger partial charge is 0.462 e. The van der Waals surface area contributed by atoms with Crippen LogP contribution in [0.15, 0.2) is 207 Å². The normalized spacial score (nSPS) is 15.0. The topological polar surface area (TPSA) is 237 Å². The Morgan fingerprint density at radius 1 is 0.283 bits per heavy atom. The fourth-order valence-electron chi connectivity index (χ4n) is 9.42. The lowest BCUT2D eigenvalue weighted by atomic mass is 10.1. The zero-order valence-corrected chi connectivity index (χ0v) is 66.8. The number of carbonyl (C=O) groups excluding carboxylic acids is 4. The van der Waals surface area contributed by atoms with Crippen molar-refractivity contribution < 1.29 is 80.2 Å². The van der Waals surface area contributed by atoms with E-state index >= 15 is 0 Å². The molecule has 0 saturated carbocycles. The fraction of sp³-hybridized carbons (Fsp3) is 0.563. The van der Waals surface area contributed by atoms with Gasteiger partial charge in [0.25, 0.3) is 0 Å². The second-order valence-corrected chi connectivity index (χ2v) is 28.1. The van der Waals surface area contributed by atoms with E-state index < -0.39 is 97.5 Å². The summed E-state index contributed by atoms with van der Waals surface area (Å²) < 4.78 is 68.3. The van der Waals surface area contributed by atoms with E-state index in [9.17, 15) is 43.2 Å². The molecular formula is C87H136O17P2. The van der Waals surface area contributed by atoms with E-state index in [0.717, 1.165) is 161 Å². The Morgan fingerprint density at radius 3 is 0.877 bits per heavy atom. The molecule has 596 valence electrons. The number of aliphatic hydroxyl groups is 1. The molecular weight excluding hydrogens is 1380 g/mol. The molecule has 0 aliphatic heterocycles. The minimum atomic E-state index is -5.03. The van der Waals surface area contributed by atoms with Crippen LogP contribution in [0, 0.1) is 0 Å². The van der Waals surface area contributed by atoms with E-state index in [2.05, 4.69) is 186 Å². The number of aliphatic hydroxyl groups excluding tert-OH is 1. The Kier molecular flexibility index (Phi) is 72.2. The van der Waals surface area contributed by atoms with E-state index in [1.165, 1.54) is 19.3 Å². The summed E-state index contributed by atoms with van der Waals surface area (Å²) in [4.78, 5) is 72.9. The molecule has 0 bridgehead atoms. The van der Waals surface area contributed by atoms with Crippen LogP contribution in [0.2, 0.25) is 0 Å². The molecule has 0 radical (unpaired) electrons. The molecule has 17 nitrogen and oxygen atoms in total. The number of allylic oxidation sites excluding steroid dienone is 32. The molecule has 5 atom stereocenters. The van der Waals surface area contributed by atoms with Crippen LogP contribution in [0.4, 0.5) is 0 Å². The van der Waals surface area contributed by atoms with Gasteiger partial charge >= 0.3 is 39.5 Å².